The molecular formula is C11H12N6O3S. The van der Waals surface area contributed by atoms with Crippen LogP contribution < -0.4 is 16.1 Å². The van der Waals surface area contributed by atoms with E-state index in [-0.39, 0.29) is 16.4 Å². The van der Waals surface area contributed by atoms with Crippen LogP contribution in [0.1, 0.15) is 0 Å². The average molecular weight is 308 g/mol. The number of hydrogen-bond acceptors (Lipinski definition) is 5. The van der Waals surface area contributed by atoms with E-state index in [1.807, 2.05) is 0 Å². The Hall–Kier alpha value is -2.75. The Labute approximate surface area is 118 Å². The molecule has 2 aromatic heterocycles. The fraction of sp³-hybridized carbons (Fsp3) is 0.0909. The predicted octanol–water partition coefficient (Wildman–Crippen LogP) is -0.0273. The van der Waals surface area contributed by atoms with Crippen LogP contribution in [0.25, 0.3) is 11.0 Å². The number of anilines is 2. The zero-order valence-corrected chi connectivity index (χ0v) is 11.7. The molecule has 0 aliphatic rings. The number of aromatic amines is 2. The normalized spacial score (nSPS) is 11.9. The number of hydrogen-bond donors (Lipinski definition) is 4. The van der Waals surface area contributed by atoms with E-state index < -0.39 is 10.0 Å². The van der Waals surface area contributed by atoms with Crippen LogP contribution >= 0.6 is 0 Å². The standard InChI is InChI=1S/C11H12N6O3S/c1-17-5-9(10(12)15-17)21(19,20)16-6-2-3-7-8(4-6)14-11(18)13-7/h2-5,16H,1H3,(H2,12,15)(H2,13,14,18). The summed E-state index contributed by atoms with van der Waals surface area (Å²) in [5.74, 6) is -0.0823. The van der Waals surface area contributed by atoms with E-state index >= 15 is 0 Å². The molecule has 0 aliphatic carbocycles. The van der Waals surface area contributed by atoms with Crippen molar-refractivity contribution in [1.29, 1.82) is 0 Å². The molecule has 110 valence electrons. The maximum absolute atomic E-state index is 12.3. The number of imidazole rings is 1. The first-order valence-electron chi connectivity index (χ1n) is 5.89. The van der Waals surface area contributed by atoms with E-state index in [0.717, 1.165) is 0 Å². The second-order valence-corrected chi connectivity index (χ2v) is 6.15. The van der Waals surface area contributed by atoms with Gasteiger partial charge >= 0.3 is 5.69 Å². The number of aryl methyl sites for hydroxylation is 1. The van der Waals surface area contributed by atoms with Crippen molar-refractivity contribution in [2.75, 3.05) is 10.5 Å². The van der Waals surface area contributed by atoms with E-state index in [9.17, 15) is 13.2 Å². The Morgan fingerprint density at radius 3 is 2.67 bits per heavy atom. The van der Waals surface area contributed by atoms with E-state index in [0.29, 0.717) is 16.7 Å². The summed E-state index contributed by atoms with van der Waals surface area (Å²) < 4.78 is 28.2. The van der Waals surface area contributed by atoms with Crippen LogP contribution in [0.5, 0.6) is 0 Å². The van der Waals surface area contributed by atoms with E-state index in [4.69, 9.17) is 5.73 Å². The molecule has 0 unspecified atom stereocenters. The maximum atomic E-state index is 12.3. The Bertz CT molecular complexity index is 981. The number of nitrogen functional groups attached to an aromatic ring is 1. The molecule has 2 heterocycles. The lowest BCUT2D eigenvalue weighted by Crippen LogP contribution is -2.13. The number of nitrogens with two attached hydrogens (primary N) is 1. The van der Waals surface area contributed by atoms with Gasteiger partial charge in [0.15, 0.2) is 5.82 Å². The van der Waals surface area contributed by atoms with Crippen molar-refractivity contribution in [2.24, 2.45) is 7.05 Å². The van der Waals surface area contributed by atoms with Crippen LogP contribution in [0.4, 0.5) is 11.5 Å². The lowest BCUT2D eigenvalue weighted by atomic mass is 10.3. The fourth-order valence-electron chi connectivity index (χ4n) is 2.00. The maximum Gasteiger partial charge on any atom is 0.323 e. The van der Waals surface area contributed by atoms with Crippen LogP contribution in [0.3, 0.4) is 0 Å². The molecule has 0 spiro atoms. The minimum Gasteiger partial charge on any atom is -0.381 e. The summed E-state index contributed by atoms with van der Waals surface area (Å²) >= 11 is 0. The molecule has 3 rings (SSSR count). The highest BCUT2D eigenvalue weighted by molar-refractivity contribution is 7.92. The predicted molar refractivity (Wildman–Crippen MR) is 77.3 cm³/mol. The number of benzene rings is 1. The average Bonchev–Trinajstić information content (AvgIpc) is 2.90. The molecule has 5 N–H and O–H groups in total. The number of nitrogens with zero attached hydrogens (tertiary/aromatic N) is 2. The Morgan fingerprint density at radius 2 is 2.00 bits per heavy atom. The Kier molecular flexibility index (Phi) is 2.76. The monoisotopic (exact) mass is 308 g/mol. The first-order valence-corrected chi connectivity index (χ1v) is 7.37. The number of aromatic nitrogens is 4. The molecule has 0 aliphatic heterocycles. The number of sulfonamides is 1. The van der Waals surface area contributed by atoms with Crippen LogP contribution in [0, 0.1) is 0 Å². The quantitative estimate of drug-likeness (QED) is 0.538. The van der Waals surface area contributed by atoms with Crippen molar-refractivity contribution in [3.63, 3.8) is 0 Å². The third-order valence-corrected chi connectivity index (χ3v) is 4.28. The molecule has 0 bridgehead atoms. The fourth-order valence-corrected chi connectivity index (χ4v) is 3.15. The lowest BCUT2D eigenvalue weighted by Gasteiger charge is -2.06. The largest absolute Gasteiger partial charge is 0.381 e. The summed E-state index contributed by atoms with van der Waals surface area (Å²) in [6.07, 6.45) is 1.31. The van der Waals surface area contributed by atoms with E-state index in [2.05, 4.69) is 19.8 Å². The molecule has 21 heavy (non-hydrogen) atoms. The summed E-state index contributed by atoms with van der Waals surface area (Å²) in [4.78, 5) is 16.2. The first kappa shape index (κ1) is 13.2. The van der Waals surface area contributed by atoms with Crippen LogP contribution in [-0.4, -0.2) is 28.2 Å². The zero-order valence-electron chi connectivity index (χ0n) is 10.9. The highest BCUT2D eigenvalue weighted by Crippen LogP contribution is 2.21. The smallest absolute Gasteiger partial charge is 0.323 e. The third kappa shape index (κ3) is 2.36. The van der Waals surface area contributed by atoms with Crippen LogP contribution in [0.2, 0.25) is 0 Å². The van der Waals surface area contributed by atoms with Gasteiger partial charge in [0, 0.05) is 13.2 Å². The molecule has 0 amide bonds. The molecule has 0 radical (unpaired) electrons. The van der Waals surface area contributed by atoms with E-state index in [1.54, 1.807) is 13.1 Å². The first-order chi connectivity index (χ1) is 9.85. The van der Waals surface area contributed by atoms with Gasteiger partial charge in [0.2, 0.25) is 0 Å². The highest BCUT2D eigenvalue weighted by atomic mass is 32.2. The molecule has 1 aromatic carbocycles. The molecule has 0 saturated heterocycles. The number of H-pyrrole nitrogens is 2. The van der Waals surface area contributed by atoms with Gasteiger partial charge in [-0.3, -0.25) is 9.40 Å². The molecule has 0 atom stereocenters. The van der Waals surface area contributed by atoms with Gasteiger partial charge in [-0.05, 0) is 18.2 Å². The van der Waals surface area contributed by atoms with Crippen molar-refractivity contribution < 1.29 is 8.42 Å². The number of rotatable bonds is 3. The molecule has 0 fully saturated rings. The van der Waals surface area contributed by atoms with Gasteiger partial charge in [0.1, 0.15) is 4.90 Å². The lowest BCUT2D eigenvalue weighted by molar-refractivity contribution is 0.601. The summed E-state index contributed by atoms with van der Waals surface area (Å²) in [7, 11) is -2.27. The minimum atomic E-state index is -3.85. The highest BCUT2D eigenvalue weighted by Gasteiger charge is 2.20. The summed E-state index contributed by atoms with van der Waals surface area (Å²) in [5, 5.41) is 3.80. The molecule has 10 heteroatoms. The second kappa shape index (κ2) is 4.38. The number of nitrogens with one attached hydrogen (secondary N) is 3. The van der Waals surface area contributed by atoms with Gasteiger partial charge in [-0.2, -0.15) is 5.10 Å². The van der Waals surface area contributed by atoms with Gasteiger partial charge in [-0.1, -0.05) is 0 Å². The Balaban J connectivity index is 2.00. The summed E-state index contributed by atoms with van der Waals surface area (Å²) in [6.45, 7) is 0. The van der Waals surface area contributed by atoms with Crippen LogP contribution in [0.15, 0.2) is 34.1 Å². The Morgan fingerprint density at radius 1 is 1.29 bits per heavy atom. The summed E-state index contributed by atoms with van der Waals surface area (Å²) in [5.41, 5.74) is 6.60. The topological polar surface area (TPSA) is 139 Å². The van der Waals surface area contributed by atoms with Gasteiger partial charge < -0.3 is 15.7 Å². The second-order valence-electron chi connectivity index (χ2n) is 4.50. The molecular weight excluding hydrogens is 296 g/mol. The van der Waals surface area contributed by atoms with Gasteiger partial charge in [0.25, 0.3) is 10.0 Å². The number of fused-ring (bicyclic) bond motifs is 1. The van der Waals surface area contributed by atoms with Gasteiger partial charge in [-0.15, -0.1) is 0 Å². The minimum absolute atomic E-state index is 0.0823. The van der Waals surface area contributed by atoms with Crippen molar-refractivity contribution in [2.45, 2.75) is 4.90 Å². The van der Waals surface area contributed by atoms with Gasteiger partial charge in [-0.25, -0.2) is 13.2 Å². The van der Waals surface area contributed by atoms with Crippen LogP contribution in [-0.2, 0) is 17.1 Å². The SMILES string of the molecule is Cn1cc(S(=O)(=O)Nc2ccc3[nH]c(=O)[nH]c3c2)c(N)n1. The third-order valence-electron chi connectivity index (χ3n) is 2.88. The zero-order chi connectivity index (χ0) is 15.2. The van der Waals surface area contributed by atoms with Crippen molar-refractivity contribution in [3.8, 4) is 0 Å². The van der Waals surface area contributed by atoms with Gasteiger partial charge in [0.05, 0.1) is 16.7 Å². The van der Waals surface area contributed by atoms with Crippen molar-refractivity contribution in [1.82, 2.24) is 19.7 Å². The molecule has 9 nitrogen and oxygen atoms in total. The summed E-state index contributed by atoms with van der Waals surface area (Å²) in [6, 6.07) is 4.64. The molecule has 3 aromatic rings. The van der Waals surface area contributed by atoms with Crippen molar-refractivity contribution >= 4 is 32.6 Å². The van der Waals surface area contributed by atoms with Crippen molar-refractivity contribution in [3.05, 3.63) is 34.9 Å². The van der Waals surface area contributed by atoms with E-state index in [1.165, 1.54) is 23.0 Å². The molecule has 0 saturated carbocycles.